The highest BCUT2D eigenvalue weighted by molar-refractivity contribution is 7.92. The standard InChI is InChI=1S/C36H12N4O7S2.2C2H6/c41-35-15-9-21-27-30-24(49(45,46)47-21)12-16-26-14(34-38-18-6-2-4-8-20(18)40(34)36(16)42)11-23-29(32(26)30)28-22(48(23,43)44)10-13(25(15)31(27)28)33-37-17-5-1-3-7-19(17)39(33)35;2*1-2/h1-12H;2*1-2H3. The summed E-state index contributed by atoms with van der Waals surface area (Å²) in [5, 5.41) is 4.05. The summed E-state index contributed by atoms with van der Waals surface area (Å²) in [6.07, 6.45) is 0. The number of hydrogen-bond acceptors (Lipinski definition) is 9. The normalized spacial score (nSPS) is 15.3. The van der Waals surface area contributed by atoms with E-state index in [1.54, 1.807) is 60.7 Å². The minimum Gasteiger partial charge on any atom is -0.378 e. The molecule has 0 saturated carbocycles. The highest BCUT2D eigenvalue weighted by Gasteiger charge is 2.41. The van der Waals surface area contributed by atoms with E-state index in [0.29, 0.717) is 76.2 Å². The topological polar surface area (TPSA) is 146 Å². The number of hydrogen-bond donors (Lipinski definition) is 0. The number of pyridine rings is 2. The first kappa shape index (κ1) is 30.4. The van der Waals surface area contributed by atoms with E-state index in [0.717, 1.165) is 0 Å². The Morgan fingerprint density at radius 3 is 1.47 bits per heavy atom. The van der Waals surface area contributed by atoms with Gasteiger partial charge in [0.1, 0.15) is 16.2 Å². The lowest BCUT2D eigenvalue weighted by Gasteiger charge is -2.24. The molecule has 0 fully saturated rings. The number of imidazole rings is 2. The largest absolute Gasteiger partial charge is 0.378 e. The third-order valence-electron chi connectivity index (χ3n) is 10.7. The number of nitrogens with zero attached hydrogens (tertiary/aromatic N) is 4. The number of rotatable bonds is 0. The fourth-order valence-corrected chi connectivity index (χ4v) is 11.8. The van der Waals surface area contributed by atoms with Crippen molar-refractivity contribution in [1.82, 2.24) is 18.8 Å². The maximum Gasteiger partial charge on any atom is 0.339 e. The summed E-state index contributed by atoms with van der Waals surface area (Å²) in [6.45, 7) is 8.00. The van der Waals surface area contributed by atoms with Gasteiger partial charge in [-0.25, -0.2) is 18.4 Å². The second-order valence-electron chi connectivity index (χ2n) is 12.9. The first-order chi connectivity index (χ1) is 25.6. The van der Waals surface area contributed by atoms with Crippen LogP contribution in [0.3, 0.4) is 0 Å². The SMILES string of the molecule is CC.CC.O=c1c2cc3c4c5c(cc6c(=O)n7c8ccccc8nc7c7cc8c(c9c(cc(c2c49)c2nc4ccccc4n12)S8(=O)=O)c5c67)S(=O)(=O)O3. The van der Waals surface area contributed by atoms with Crippen molar-refractivity contribution < 1.29 is 21.0 Å². The van der Waals surface area contributed by atoms with Crippen LogP contribution in [-0.4, -0.2) is 35.6 Å². The summed E-state index contributed by atoms with van der Waals surface area (Å²) in [5.74, 6) is -0.0813. The van der Waals surface area contributed by atoms with Gasteiger partial charge in [0.15, 0.2) is 5.75 Å². The van der Waals surface area contributed by atoms with E-state index < -0.39 is 31.1 Å². The minimum absolute atomic E-state index is 0.0147. The number of fused-ring (bicyclic) bond motifs is 8. The predicted octanol–water partition coefficient (Wildman–Crippen LogP) is 7.52. The number of aromatic nitrogens is 4. The fourth-order valence-electron chi connectivity index (χ4n) is 8.89. The summed E-state index contributed by atoms with van der Waals surface area (Å²) in [5.41, 5.74) is 1.76. The molecule has 0 spiro atoms. The molecule has 2 aliphatic heterocycles. The Hall–Kier alpha value is -6.18. The van der Waals surface area contributed by atoms with E-state index in [9.17, 15) is 26.4 Å². The lowest BCUT2D eigenvalue weighted by atomic mass is 9.85. The first-order valence-corrected chi connectivity index (χ1v) is 20.1. The van der Waals surface area contributed by atoms with Crippen LogP contribution in [0.4, 0.5) is 0 Å². The Kier molecular flexibility index (Phi) is 5.41. The van der Waals surface area contributed by atoms with Gasteiger partial charge >= 0.3 is 10.1 Å². The van der Waals surface area contributed by atoms with Gasteiger partial charge in [0.2, 0.25) is 9.84 Å². The van der Waals surface area contributed by atoms with E-state index >= 15 is 0 Å². The van der Waals surface area contributed by atoms with Crippen LogP contribution in [-0.2, 0) is 20.0 Å². The van der Waals surface area contributed by atoms with Crippen LogP contribution in [0.1, 0.15) is 27.7 Å². The lowest BCUT2D eigenvalue weighted by Crippen LogP contribution is -2.19. The average Bonchev–Trinajstić information content (AvgIpc) is 3.82. The molecule has 13 rings (SSSR count). The minimum atomic E-state index is -4.54. The summed E-state index contributed by atoms with van der Waals surface area (Å²) in [7, 11) is -8.77. The summed E-state index contributed by atoms with van der Waals surface area (Å²) in [6, 6.07) is 20.1. The molecule has 0 N–H and O–H groups in total. The van der Waals surface area contributed by atoms with Crippen molar-refractivity contribution in [1.29, 1.82) is 0 Å². The summed E-state index contributed by atoms with van der Waals surface area (Å²) >= 11 is 0. The van der Waals surface area contributed by atoms with Crippen LogP contribution in [0.25, 0.3) is 98.0 Å². The van der Waals surface area contributed by atoms with Crippen LogP contribution in [0.2, 0.25) is 0 Å². The molecule has 53 heavy (non-hydrogen) atoms. The van der Waals surface area contributed by atoms with Crippen LogP contribution in [0, 0.1) is 0 Å². The summed E-state index contributed by atoms with van der Waals surface area (Å²) in [4.78, 5) is 38.0. The zero-order chi connectivity index (χ0) is 36.6. The molecule has 13 heteroatoms. The van der Waals surface area contributed by atoms with E-state index in [4.69, 9.17) is 14.2 Å². The molecule has 0 unspecified atom stereocenters. The van der Waals surface area contributed by atoms with Crippen molar-refractivity contribution in [3.63, 3.8) is 0 Å². The highest BCUT2D eigenvalue weighted by atomic mass is 32.2. The lowest BCUT2D eigenvalue weighted by molar-refractivity contribution is 0.488. The molecule has 4 aromatic heterocycles. The Morgan fingerprint density at radius 1 is 0.509 bits per heavy atom. The van der Waals surface area contributed by atoms with Gasteiger partial charge in [0.05, 0.1) is 42.6 Å². The van der Waals surface area contributed by atoms with Crippen LogP contribution < -0.4 is 15.3 Å². The van der Waals surface area contributed by atoms with Crippen LogP contribution in [0.5, 0.6) is 5.75 Å². The van der Waals surface area contributed by atoms with E-state index in [1.807, 2.05) is 27.7 Å². The molecule has 11 aromatic rings. The fraction of sp³-hybridized carbons (Fsp3) is 0.100. The molecule has 2 aliphatic rings. The third-order valence-corrected chi connectivity index (χ3v) is 13.7. The van der Waals surface area contributed by atoms with Gasteiger partial charge < -0.3 is 4.18 Å². The van der Waals surface area contributed by atoms with Crippen molar-refractivity contribution in [3.8, 4) is 5.75 Å². The Labute approximate surface area is 298 Å². The van der Waals surface area contributed by atoms with Gasteiger partial charge in [-0.05, 0) is 48.5 Å². The third kappa shape index (κ3) is 3.16. The highest BCUT2D eigenvalue weighted by Crippen LogP contribution is 2.58. The van der Waals surface area contributed by atoms with Crippen LogP contribution >= 0.6 is 0 Å². The Morgan fingerprint density at radius 2 is 0.943 bits per heavy atom. The number of benzene rings is 7. The predicted molar refractivity (Wildman–Crippen MR) is 206 cm³/mol. The quantitative estimate of drug-likeness (QED) is 0.0876. The van der Waals surface area contributed by atoms with Crippen molar-refractivity contribution in [2.75, 3.05) is 0 Å². The molecule has 0 bridgehead atoms. The number of sulfone groups is 1. The molecular formula is C40H24N4O7S2. The number of para-hydroxylation sites is 4. The van der Waals surface area contributed by atoms with Gasteiger partial charge in [-0.2, -0.15) is 8.42 Å². The zero-order valence-electron chi connectivity index (χ0n) is 28.4. The van der Waals surface area contributed by atoms with Crippen molar-refractivity contribution >= 4 is 118 Å². The molecule has 0 saturated heterocycles. The van der Waals surface area contributed by atoms with Gasteiger partial charge in [0.25, 0.3) is 11.1 Å². The Bertz CT molecular complexity index is 3890. The molecule has 11 nitrogen and oxygen atoms in total. The molecule has 0 atom stereocenters. The maximum atomic E-state index is 14.8. The second-order valence-corrected chi connectivity index (χ2v) is 16.3. The van der Waals surface area contributed by atoms with Crippen LogP contribution in [0.15, 0.2) is 97.1 Å². The van der Waals surface area contributed by atoms with Gasteiger partial charge in [-0.1, -0.05) is 52.0 Å². The Balaban J connectivity index is 0.000000803. The molecule has 0 aliphatic carbocycles. The summed E-state index contributed by atoms with van der Waals surface area (Å²) < 4.78 is 66.3. The molecule has 6 heterocycles. The monoisotopic (exact) mass is 736 g/mol. The van der Waals surface area contributed by atoms with Gasteiger partial charge in [0, 0.05) is 53.9 Å². The maximum absolute atomic E-state index is 14.8. The van der Waals surface area contributed by atoms with Gasteiger partial charge in [-0.3, -0.25) is 18.4 Å². The zero-order valence-corrected chi connectivity index (χ0v) is 30.0. The molecular weight excluding hydrogens is 713 g/mol. The average molecular weight is 737 g/mol. The smallest absolute Gasteiger partial charge is 0.339 e. The molecule has 0 amide bonds. The molecule has 0 radical (unpaired) electrons. The first-order valence-electron chi connectivity index (χ1n) is 17.3. The van der Waals surface area contributed by atoms with Crippen molar-refractivity contribution in [3.05, 3.63) is 93.5 Å². The second kappa shape index (κ2) is 9.43. The van der Waals surface area contributed by atoms with E-state index in [-0.39, 0.29) is 42.2 Å². The van der Waals surface area contributed by atoms with Crippen molar-refractivity contribution in [2.45, 2.75) is 42.4 Å². The van der Waals surface area contributed by atoms with Gasteiger partial charge in [-0.15, -0.1) is 0 Å². The van der Waals surface area contributed by atoms with E-state index in [2.05, 4.69) is 0 Å². The molecule has 258 valence electrons. The molecule has 7 aromatic carbocycles. The van der Waals surface area contributed by atoms with Crippen molar-refractivity contribution in [2.24, 2.45) is 0 Å². The van der Waals surface area contributed by atoms with E-state index in [1.165, 1.54) is 20.9 Å².